The van der Waals surface area contributed by atoms with E-state index in [0.29, 0.717) is 0 Å². The smallest absolute Gasteiger partial charge is 0.233 e. The third kappa shape index (κ3) is 2.07. The van der Waals surface area contributed by atoms with Gasteiger partial charge in [-0.25, -0.2) is 4.39 Å². The molecule has 2 N–H and O–H groups in total. The van der Waals surface area contributed by atoms with Crippen molar-refractivity contribution in [2.75, 3.05) is 13.6 Å². The van der Waals surface area contributed by atoms with Gasteiger partial charge < -0.3 is 10.6 Å². The number of fused-ring (bicyclic) bond motifs is 1. The molecule has 3 nitrogen and oxygen atoms in total. The summed E-state index contributed by atoms with van der Waals surface area (Å²) < 4.78 is 13.4. The summed E-state index contributed by atoms with van der Waals surface area (Å²) in [7, 11) is 1.60. The van der Waals surface area contributed by atoms with Crippen molar-refractivity contribution in [3.05, 3.63) is 35.1 Å². The topological polar surface area (TPSA) is 41.1 Å². The number of hydrogen-bond acceptors (Lipinski definition) is 2. The van der Waals surface area contributed by atoms with Gasteiger partial charge in [0.25, 0.3) is 0 Å². The number of carbonyl (C=O) groups is 1. The first kappa shape index (κ1) is 11.1. The summed E-state index contributed by atoms with van der Waals surface area (Å²) in [5.41, 5.74) is 1.78. The minimum atomic E-state index is -0.137. The summed E-state index contributed by atoms with van der Waals surface area (Å²) in [4.78, 5) is 11.1. The molecule has 0 saturated heterocycles. The van der Waals surface area contributed by atoms with Crippen LogP contribution in [-0.4, -0.2) is 19.5 Å². The predicted molar refractivity (Wildman–Crippen MR) is 59.5 cm³/mol. The number of rotatable bonds is 3. The van der Waals surface area contributed by atoms with Crippen LogP contribution in [-0.2, 0) is 11.2 Å². The van der Waals surface area contributed by atoms with Crippen LogP contribution < -0.4 is 10.6 Å². The first-order valence-electron chi connectivity index (χ1n) is 5.43. The van der Waals surface area contributed by atoms with E-state index in [9.17, 15) is 9.18 Å². The van der Waals surface area contributed by atoms with E-state index >= 15 is 0 Å². The minimum absolute atomic E-state index is 0.0511. The van der Waals surface area contributed by atoms with Crippen LogP contribution in [0.4, 0.5) is 4.39 Å². The Morgan fingerprint density at radius 3 is 3.12 bits per heavy atom. The molecule has 0 heterocycles. The number of hydrogen-bond donors (Lipinski definition) is 2. The van der Waals surface area contributed by atoms with Crippen LogP contribution in [0.2, 0.25) is 0 Å². The Morgan fingerprint density at radius 1 is 1.56 bits per heavy atom. The second kappa shape index (κ2) is 4.61. The molecule has 1 unspecified atom stereocenters. The van der Waals surface area contributed by atoms with Crippen LogP contribution in [0.15, 0.2) is 18.2 Å². The van der Waals surface area contributed by atoms with Gasteiger partial charge in [0.2, 0.25) is 5.91 Å². The average molecular weight is 222 g/mol. The van der Waals surface area contributed by atoms with E-state index in [1.165, 1.54) is 6.07 Å². The van der Waals surface area contributed by atoms with Crippen molar-refractivity contribution in [2.45, 2.75) is 18.9 Å². The van der Waals surface area contributed by atoms with Crippen LogP contribution in [0, 0.1) is 5.82 Å². The van der Waals surface area contributed by atoms with Crippen LogP contribution >= 0.6 is 0 Å². The predicted octanol–water partition coefficient (Wildman–Crippen LogP) is 1.15. The molecule has 0 fully saturated rings. The number of nitrogens with one attached hydrogen (secondary N) is 2. The molecule has 16 heavy (non-hydrogen) atoms. The lowest BCUT2D eigenvalue weighted by atomic mass is 10.1. The Labute approximate surface area is 94.0 Å². The monoisotopic (exact) mass is 222 g/mol. The van der Waals surface area contributed by atoms with Crippen LogP contribution in [0.25, 0.3) is 0 Å². The van der Waals surface area contributed by atoms with Crippen LogP contribution in [0.5, 0.6) is 0 Å². The van der Waals surface area contributed by atoms with Crippen molar-refractivity contribution in [1.82, 2.24) is 10.6 Å². The molecule has 1 aliphatic carbocycles. The highest BCUT2D eigenvalue weighted by Crippen LogP contribution is 2.32. The van der Waals surface area contributed by atoms with E-state index in [1.807, 2.05) is 6.07 Å². The molecule has 1 aliphatic rings. The molecule has 0 saturated carbocycles. The molecule has 1 aromatic rings. The Bertz CT molecular complexity index is 406. The quantitative estimate of drug-likeness (QED) is 0.805. The lowest BCUT2D eigenvalue weighted by molar-refractivity contribution is -0.119. The van der Waals surface area contributed by atoms with Gasteiger partial charge in [0, 0.05) is 13.1 Å². The molecule has 0 aliphatic heterocycles. The van der Waals surface area contributed by atoms with Gasteiger partial charge in [-0.3, -0.25) is 4.79 Å². The standard InChI is InChI=1S/C12H15FN2O/c1-14-12(16)7-15-11-6-5-8-9(11)3-2-4-10(8)13/h2-4,11,15H,5-7H2,1H3,(H,14,16). The van der Waals surface area contributed by atoms with E-state index in [2.05, 4.69) is 10.6 Å². The van der Waals surface area contributed by atoms with Gasteiger partial charge >= 0.3 is 0 Å². The van der Waals surface area contributed by atoms with Crippen molar-refractivity contribution >= 4 is 5.91 Å². The lowest BCUT2D eigenvalue weighted by Crippen LogP contribution is -2.33. The fourth-order valence-corrected chi connectivity index (χ4v) is 2.13. The summed E-state index contributed by atoms with van der Waals surface area (Å²) in [6, 6.07) is 5.23. The highest BCUT2D eigenvalue weighted by Gasteiger charge is 2.24. The van der Waals surface area contributed by atoms with Gasteiger partial charge in [-0.15, -0.1) is 0 Å². The third-order valence-electron chi connectivity index (χ3n) is 3.00. The second-order valence-electron chi connectivity index (χ2n) is 3.95. The summed E-state index contributed by atoms with van der Waals surface area (Å²) in [6.07, 6.45) is 1.60. The summed E-state index contributed by atoms with van der Waals surface area (Å²) in [6.45, 7) is 0.275. The first-order valence-corrected chi connectivity index (χ1v) is 5.43. The second-order valence-corrected chi connectivity index (χ2v) is 3.95. The summed E-state index contributed by atoms with van der Waals surface area (Å²) in [5.74, 6) is -0.188. The van der Waals surface area contributed by atoms with E-state index in [4.69, 9.17) is 0 Å². The SMILES string of the molecule is CNC(=O)CNC1CCc2c(F)cccc21. The molecule has 1 aromatic carbocycles. The Kier molecular flexibility index (Phi) is 3.19. The van der Waals surface area contributed by atoms with Gasteiger partial charge in [0.1, 0.15) is 5.82 Å². The highest BCUT2D eigenvalue weighted by molar-refractivity contribution is 5.77. The van der Waals surface area contributed by atoms with Crippen molar-refractivity contribution in [3.8, 4) is 0 Å². The summed E-state index contributed by atoms with van der Waals surface area (Å²) >= 11 is 0. The van der Waals surface area contributed by atoms with E-state index in [1.54, 1.807) is 13.1 Å². The molecule has 0 aromatic heterocycles. The molecule has 2 rings (SSSR count). The average Bonchev–Trinajstić information content (AvgIpc) is 2.70. The number of likely N-dealkylation sites (N-methyl/N-ethyl adjacent to an activating group) is 1. The van der Waals surface area contributed by atoms with Crippen molar-refractivity contribution in [3.63, 3.8) is 0 Å². The fourth-order valence-electron chi connectivity index (χ4n) is 2.13. The number of benzene rings is 1. The number of carbonyl (C=O) groups excluding carboxylic acids is 1. The molecule has 1 amide bonds. The molecule has 0 bridgehead atoms. The molecule has 1 atom stereocenters. The number of halogens is 1. The zero-order valence-corrected chi connectivity index (χ0v) is 9.22. The zero-order chi connectivity index (χ0) is 11.5. The Morgan fingerprint density at radius 2 is 2.38 bits per heavy atom. The molecule has 86 valence electrons. The Balaban J connectivity index is 2.06. The molecule has 0 spiro atoms. The van der Waals surface area contributed by atoms with Crippen LogP contribution in [0.3, 0.4) is 0 Å². The maximum Gasteiger partial charge on any atom is 0.233 e. The van der Waals surface area contributed by atoms with Crippen LogP contribution in [0.1, 0.15) is 23.6 Å². The van der Waals surface area contributed by atoms with Gasteiger partial charge in [-0.2, -0.15) is 0 Å². The normalized spacial score (nSPS) is 18.2. The van der Waals surface area contributed by atoms with Crippen molar-refractivity contribution < 1.29 is 9.18 Å². The first-order chi connectivity index (χ1) is 7.72. The van der Waals surface area contributed by atoms with Gasteiger partial charge in [0.05, 0.1) is 6.54 Å². The van der Waals surface area contributed by atoms with Gasteiger partial charge in [0.15, 0.2) is 0 Å². The highest BCUT2D eigenvalue weighted by atomic mass is 19.1. The van der Waals surface area contributed by atoms with Gasteiger partial charge in [-0.05, 0) is 30.0 Å². The van der Waals surface area contributed by atoms with E-state index < -0.39 is 0 Å². The third-order valence-corrected chi connectivity index (χ3v) is 3.00. The fraction of sp³-hybridized carbons (Fsp3) is 0.417. The Hall–Kier alpha value is -1.42. The summed E-state index contributed by atoms with van der Waals surface area (Å²) in [5, 5.41) is 5.69. The largest absolute Gasteiger partial charge is 0.358 e. The number of amides is 1. The van der Waals surface area contributed by atoms with Gasteiger partial charge in [-0.1, -0.05) is 12.1 Å². The van der Waals surface area contributed by atoms with E-state index in [0.717, 1.165) is 24.0 Å². The molecular formula is C12H15FN2O. The zero-order valence-electron chi connectivity index (χ0n) is 9.22. The van der Waals surface area contributed by atoms with Crippen molar-refractivity contribution in [2.24, 2.45) is 0 Å². The van der Waals surface area contributed by atoms with E-state index in [-0.39, 0.29) is 24.3 Å². The molecular weight excluding hydrogens is 207 g/mol. The maximum absolute atomic E-state index is 13.4. The lowest BCUT2D eigenvalue weighted by Gasteiger charge is -2.13. The molecule has 4 heteroatoms. The maximum atomic E-state index is 13.4. The van der Waals surface area contributed by atoms with Crippen molar-refractivity contribution in [1.29, 1.82) is 0 Å². The minimum Gasteiger partial charge on any atom is -0.358 e. The molecule has 0 radical (unpaired) electrons.